The van der Waals surface area contributed by atoms with Crippen LogP contribution in [0.25, 0.3) is 5.57 Å². The van der Waals surface area contributed by atoms with Crippen LogP contribution in [0.15, 0.2) is 66.6 Å². The molecule has 0 aromatic heterocycles. The molecule has 2 aromatic rings. The maximum Gasteiger partial charge on any atom is 0.255 e. The third kappa shape index (κ3) is 6.04. The van der Waals surface area contributed by atoms with E-state index >= 15 is 0 Å². The quantitative estimate of drug-likeness (QED) is 0.364. The van der Waals surface area contributed by atoms with Crippen molar-refractivity contribution in [2.24, 2.45) is 0 Å². The number of ether oxygens (including phenoxy) is 1. The number of carbonyl (C=O) groups is 2. The molecule has 2 aliphatic heterocycles. The topological polar surface area (TPSA) is 111 Å². The summed E-state index contributed by atoms with van der Waals surface area (Å²) >= 11 is 5.96. The van der Waals surface area contributed by atoms with Crippen LogP contribution in [0, 0.1) is 0 Å². The van der Waals surface area contributed by atoms with E-state index in [1.165, 1.54) is 4.90 Å². The summed E-state index contributed by atoms with van der Waals surface area (Å²) in [6.07, 6.45) is 1.72. The van der Waals surface area contributed by atoms with Crippen LogP contribution in [-0.2, 0) is 20.2 Å². The Morgan fingerprint density at radius 1 is 1.18 bits per heavy atom. The Bertz CT molecular complexity index is 1210. The van der Waals surface area contributed by atoms with Crippen molar-refractivity contribution in [2.45, 2.75) is 49.9 Å². The van der Waals surface area contributed by atoms with Gasteiger partial charge in [-0.15, -0.1) is 11.6 Å². The zero-order chi connectivity index (χ0) is 27.2. The predicted octanol–water partition coefficient (Wildman–Crippen LogP) is 3.16. The molecule has 202 valence electrons. The number of likely N-dealkylation sites (tertiary alicyclic amines) is 1. The number of nitrogens with one attached hydrogen (secondary N) is 2. The number of carbonyl (C=O) groups excluding carboxylic acids is 2. The number of amides is 2. The number of hydrogen-bond acceptors (Lipinski definition) is 6. The molecule has 2 aliphatic rings. The monoisotopic (exact) mass is 539 g/mol. The van der Waals surface area contributed by atoms with E-state index in [0.717, 1.165) is 40.7 Å². The second-order valence-electron chi connectivity index (χ2n) is 9.54. The van der Waals surface area contributed by atoms with Gasteiger partial charge in [0.05, 0.1) is 19.2 Å². The van der Waals surface area contributed by atoms with E-state index in [4.69, 9.17) is 16.3 Å². The summed E-state index contributed by atoms with van der Waals surface area (Å²) in [5, 5.41) is 27.1. The van der Waals surface area contributed by atoms with Crippen molar-refractivity contribution in [3.63, 3.8) is 0 Å². The van der Waals surface area contributed by atoms with E-state index in [-0.39, 0.29) is 6.04 Å². The van der Waals surface area contributed by atoms with Crippen molar-refractivity contribution < 1.29 is 24.5 Å². The molecule has 8 nitrogen and oxygen atoms in total. The minimum Gasteiger partial charge on any atom is -0.482 e. The summed E-state index contributed by atoms with van der Waals surface area (Å²) in [7, 11) is 1.61. The number of benzene rings is 2. The third-order valence-corrected chi connectivity index (χ3v) is 7.35. The van der Waals surface area contributed by atoms with E-state index in [1.54, 1.807) is 14.0 Å². The van der Waals surface area contributed by atoms with Crippen LogP contribution in [0.3, 0.4) is 0 Å². The third-order valence-electron chi connectivity index (χ3n) is 7.04. The first kappa shape index (κ1) is 27.7. The van der Waals surface area contributed by atoms with Gasteiger partial charge in [-0.05, 0) is 42.0 Å². The number of dihydropyridines is 1. The van der Waals surface area contributed by atoms with Crippen molar-refractivity contribution in [3.8, 4) is 0 Å². The predicted molar refractivity (Wildman–Crippen MR) is 146 cm³/mol. The molecule has 1 fully saturated rings. The van der Waals surface area contributed by atoms with Crippen LogP contribution < -0.4 is 10.6 Å². The number of rotatable bonds is 9. The number of hydrogen-bond donors (Lipinski definition) is 4. The molecule has 0 saturated carbocycles. The number of alkyl halides is 1. The zero-order valence-corrected chi connectivity index (χ0v) is 22.3. The van der Waals surface area contributed by atoms with E-state index in [9.17, 15) is 19.8 Å². The van der Waals surface area contributed by atoms with Crippen LogP contribution in [-0.4, -0.2) is 59.3 Å². The van der Waals surface area contributed by atoms with Crippen LogP contribution in [0.1, 0.15) is 54.1 Å². The molecule has 4 N–H and O–H groups in total. The van der Waals surface area contributed by atoms with Crippen LogP contribution in [0.4, 0.5) is 0 Å². The van der Waals surface area contributed by atoms with Gasteiger partial charge in [-0.3, -0.25) is 9.59 Å². The van der Waals surface area contributed by atoms with Crippen LogP contribution >= 0.6 is 11.6 Å². The van der Waals surface area contributed by atoms with Gasteiger partial charge in [-0.25, -0.2) is 0 Å². The second-order valence-corrected chi connectivity index (χ2v) is 9.81. The fraction of sp³-hybridized carbons (Fsp3) is 0.379. The second kappa shape index (κ2) is 12.5. The molecule has 2 heterocycles. The Morgan fingerprint density at radius 2 is 1.95 bits per heavy atom. The highest BCUT2D eigenvalue weighted by Crippen LogP contribution is 2.33. The molecule has 0 aliphatic carbocycles. The van der Waals surface area contributed by atoms with Gasteiger partial charge < -0.3 is 30.5 Å². The maximum atomic E-state index is 13.1. The van der Waals surface area contributed by atoms with E-state index in [2.05, 4.69) is 10.6 Å². The van der Waals surface area contributed by atoms with Crippen LogP contribution in [0.2, 0.25) is 0 Å². The van der Waals surface area contributed by atoms with Gasteiger partial charge in [0, 0.05) is 24.5 Å². The molecule has 38 heavy (non-hydrogen) atoms. The van der Waals surface area contributed by atoms with Crippen molar-refractivity contribution >= 4 is 29.0 Å². The van der Waals surface area contributed by atoms with Crippen molar-refractivity contribution in [1.82, 2.24) is 15.5 Å². The zero-order valence-electron chi connectivity index (χ0n) is 21.6. The summed E-state index contributed by atoms with van der Waals surface area (Å²) in [4.78, 5) is 27.4. The van der Waals surface area contributed by atoms with Gasteiger partial charge in [-0.1, -0.05) is 60.7 Å². The number of halogens is 1. The largest absolute Gasteiger partial charge is 0.482 e. The minimum atomic E-state index is -1.90. The lowest BCUT2D eigenvalue weighted by Crippen LogP contribution is -2.50. The lowest BCUT2D eigenvalue weighted by Gasteiger charge is -2.29. The van der Waals surface area contributed by atoms with Crippen molar-refractivity contribution in [3.05, 3.63) is 88.8 Å². The Hall–Kier alpha value is -3.33. The summed E-state index contributed by atoms with van der Waals surface area (Å²) in [5.74, 6) is -0.432. The highest BCUT2D eigenvalue weighted by molar-refractivity contribution is 6.17. The standard InChI is InChI=1S/C29H34ClN3O5/c1-18(20-10-12-21(13-11-20)23-8-4-14-31-28(23)38-2)32-27(36)25(34)26(35)29(37)33-15-5-9-24(33)22-7-3-6-19(16-22)17-30/h3-4,6-8,10-13,16,18,24-26,31,34-35H,5,9,14-15,17H2,1-2H3,(H,32,36). The van der Waals surface area contributed by atoms with Gasteiger partial charge >= 0.3 is 0 Å². The molecule has 2 amide bonds. The van der Waals surface area contributed by atoms with Gasteiger partial charge in [0.2, 0.25) is 0 Å². The highest BCUT2D eigenvalue weighted by atomic mass is 35.5. The number of aliphatic hydroxyl groups is 2. The molecular weight excluding hydrogens is 506 g/mol. The van der Waals surface area contributed by atoms with E-state index in [0.29, 0.717) is 24.9 Å². The van der Waals surface area contributed by atoms with E-state index in [1.807, 2.05) is 60.7 Å². The van der Waals surface area contributed by atoms with E-state index < -0.39 is 30.1 Å². The van der Waals surface area contributed by atoms with Gasteiger partial charge in [0.15, 0.2) is 18.1 Å². The van der Waals surface area contributed by atoms with Gasteiger partial charge in [0.1, 0.15) is 0 Å². The maximum absolute atomic E-state index is 13.1. The smallest absolute Gasteiger partial charge is 0.255 e. The fourth-order valence-electron chi connectivity index (χ4n) is 4.95. The first-order valence-corrected chi connectivity index (χ1v) is 13.3. The molecule has 1 saturated heterocycles. The molecule has 9 heteroatoms. The molecular formula is C29H34ClN3O5. The molecule has 0 bridgehead atoms. The highest BCUT2D eigenvalue weighted by Gasteiger charge is 2.38. The summed E-state index contributed by atoms with van der Waals surface area (Å²) in [5.41, 5.74) is 4.54. The lowest BCUT2D eigenvalue weighted by molar-refractivity contribution is -0.154. The normalized spacial score (nSPS) is 19.5. The van der Waals surface area contributed by atoms with Crippen molar-refractivity contribution in [1.29, 1.82) is 0 Å². The summed E-state index contributed by atoms with van der Waals surface area (Å²) in [6.45, 7) is 2.91. The first-order valence-electron chi connectivity index (χ1n) is 12.7. The summed E-state index contributed by atoms with van der Waals surface area (Å²) in [6, 6.07) is 14.6. The number of aliphatic hydroxyl groups excluding tert-OH is 2. The molecule has 2 aromatic carbocycles. The Morgan fingerprint density at radius 3 is 2.66 bits per heavy atom. The van der Waals surface area contributed by atoms with Crippen LogP contribution in [0.5, 0.6) is 0 Å². The first-order chi connectivity index (χ1) is 18.3. The number of nitrogens with zero attached hydrogens (tertiary/aromatic N) is 1. The minimum absolute atomic E-state index is 0.240. The summed E-state index contributed by atoms with van der Waals surface area (Å²) < 4.78 is 5.41. The Balaban J connectivity index is 1.38. The SMILES string of the molecule is COC1=C(c2ccc(C(C)NC(=O)C(O)C(O)C(=O)N3CCCC3c3cccc(CCl)c3)cc2)C=CCN1. The average Bonchev–Trinajstić information content (AvgIpc) is 3.46. The number of methoxy groups -OCH3 is 1. The van der Waals surface area contributed by atoms with Gasteiger partial charge in [0.25, 0.3) is 11.8 Å². The van der Waals surface area contributed by atoms with Crippen molar-refractivity contribution in [2.75, 3.05) is 20.2 Å². The molecule has 0 spiro atoms. The number of allylic oxidation sites excluding steroid dienone is 2. The molecule has 0 radical (unpaired) electrons. The average molecular weight is 540 g/mol. The molecule has 4 unspecified atom stereocenters. The fourth-order valence-corrected chi connectivity index (χ4v) is 5.12. The molecule has 4 atom stereocenters. The van der Waals surface area contributed by atoms with Gasteiger partial charge in [-0.2, -0.15) is 0 Å². The lowest BCUT2D eigenvalue weighted by atomic mass is 10.00. The molecule has 4 rings (SSSR count). The Labute approximate surface area is 227 Å². The Kier molecular flexibility index (Phi) is 9.09.